The second-order valence-electron chi connectivity index (χ2n) is 4.04. The zero-order chi connectivity index (χ0) is 13.3. The van der Waals surface area contributed by atoms with Gasteiger partial charge in [0.05, 0.1) is 12.3 Å². The maximum atomic E-state index is 11.6. The van der Waals surface area contributed by atoms with Gasteiger partial charge in [-0.2, -0.15) is 0 Å². The van der Waals surface area contributed by atoms with Crippen LogP contribution in [0.5, 0.6) is 0 Å². The molecule has 1 fully saturated rings. The molecule has 0 spiro atoms. The van der Waals surface area contributed by atoms with Crippen LogP contribution in [-0.2, 0) is 4.74 Å². The maximum Gasteiger partial charge on any atom is 0.330 e. The Morgan fingerprint density at radius 3 is 2.89 bits per heavy atom. The summed E-state index contributed by atoms with van der Waals surface area (Å²) in [6, 6.07) is 0. The number of oxime groups is 1. The molecule has 0 unspecified atom stereocenters. The van der Waals surface area contributed by atoms with E-state index in [1.54, 1.807) is 6.92 Å². The monoisotopic (exact) mass is 255 g/mol. The molecule has 1 aliphatic heterocycles. The molecule has 2 atom stereocenters. The van der Waals surface area contributed by atoms with Gasteiger partial charge in [0.1, 0.15) is 12.3 Å². The zero-order valence-electron chi connectivity index (χ0n) is 9.66. The SMILES string of the molecule is Cc1cn([C@H]2C/C(=N/O)[C@@H](CO)O2)c(=O)[nH]c1=O. The maximum absolute atomic E-state index is 11.6. The van der Waals surface area contributed by atoms with Crippen LogP contribution in [0.4, 0.5) is 0 Å². The van der Waals surface area contributed by atoms with Gasteiger partial charge in [-0.15, -0.1) is 0 Å². The van der Waals surface area contributed by atoms with Gasteiger partial charge in [-0.05, 0) is 6.92 Å². The average molecular weight is 255 g/mol. The van der Waals surface area contributed by atoms with Crippen molar-refractivity contribution in [1.29, 1.82) is 0 Å². The molecule has 8 nitrogen and oxygen atoms in total. The van der Waals surface area contributed by atoms with Crippen LogP contribution < -0.4 is 11.2 Å². The first-order valence-electron chi connectivity index (χ1n) is 5.36. The molecule has 0 saturated carbocycles. The van der Waals surface area contributed by atoms with Gasteiger partial charge in [0, 0.05) is 18.2 Å². The van der Waals surface area contributed by atoms with Crippen LogP contribution in [0.15, 0.2) is 20.9 Å². The van der Waals surface area contributed by atoms with Crippen LogP contribution in [0.2, 0.25) is 0 Å². The van der Waals surface area contributed by atoms with E-state index in [0.717, 1.165) is 0 Å². The first kappa shape index (κ1) is 12.5. The summed E-state index contributed by atoms with van der Waals surface area (Å²) in [7, 11) is 0. The number of nitrogens with one attached hydrogen (secondary N) is 1. The topological polar surface area (TPSA) is 117 Å². The number of aryl methyl sites for hydroxylation is 1. The summed E-state index contributed by atoms with van der Waals surface area (Å²) in [6.07, 6.45) is 0.114. The highest BCUT2D eigenvalue weighted by atomic mass is 16.5. The van der Waals surface area contributed by atoms with E-state index in [0.29, 0.717) is 5.56 Å². The van der Waals surface area contributed by atoms with E-state index in [-0.39, 0.29) is 18.7 Å². The summed E-state index contributed by atoms with van der Waals surface area (Å²) in [5.74, 6) is 0. The Morgan fingerprint density at radius 1 is 1.61 bits per heavy atom. The molecule has 1 saturated heterocycles. The van der Waals surface area contributed by atoms with E-state index >= 15 is 0 Å². The lowest BCUT2D eigenvalue weighted by Gasteiger charge is -2.14. The molecule has 0 aliphatic carbocycles. The molecule has 1 aromatic heterocycles. The third kappa shape index (κ3) is 2.07. The summed E-state index contributed by atoms with van der Waals surface area (Å²) in [5.41, 5.74) is -0.429. The Kier molecular flexibility index (Phi) is 3.30. The number of aliphatic hydroxyl groups is 1. The molecule has 98 valence electrons. The number of aromatic amines is 1. The molecule has 2 rings (SSSR count). The Labute approximate surface area is 101 Å². The van der Waals surface area contributed by atoms with Gasteiger partial charge in [-0.1, -0.05) is 5.16 Å². The number of aliphatic hydroxyl groups excluding tert-OH is 1. The molecule has 0 aromatic carbocycles. The van der Waals surface area contributed by atoms with E-state index in [9.17, 15) is 9.59 Å². The van der Waals surface area contributed by atoms with E-state index in [1.807, 2.05) is 0 Å². The molecule has 0 bridgehead atoms. The number of hydrogen-bond acceptors (Lipinski definition) is 6. The van der Waals surface area contributed by atoms with E-state index in [1.165, 1.54) is 10.8 Å². The highest BCUT2D eigenvalue weighted by Crippen LogP contribution is 2.24. The van der Waals surface area contributed by atoms with Crippen molar-refractivity contribution in [2.75, 3.05) is 6.61 Å². The molecule has 8 heteroatoms. The van der Waals surface area contributed by atoms with E-state index < -0.39 is 23.6 Å². The fourth-order valence-electron chi connectivity index (χ4n) is 1.84. The highest BCUT2D eigenvalue weighted by molar-refractivity contribution is 5.90. The summed E-state index contributed by atoms with van der Waals surface area (Å²) >= 11 is 0. The Bertz CT molecular complexity index is 588. The van der Waals surface area contributed by atoms with Crippen LogP contribution in [0.3, 0.4) is 0 Å². The number of aromatic nitrogens is 2. The summed E-state index contributed by atoms with van der Waals surface area (Å²) < 4.78 is 6.58. The first-order chi connectivity index (χ1) is 8.56. The molecule has 18 heavy (non-hydrogen) atoms. The summed E-state index contributed by atoms with van der Waals surface area (Å²) in [5, 5.41) is 20.8. The van der Waals surface area contributed by atoms with Crippen molar-refractivity contribution in [1.82, 2.24) is 9.55 Å². The lowest BCUT2D eigenvalue weighted by Crippen LogP contribution is -2.33. The summed E-state index contributed by atoms with van der Waals surface area (Å²) in [4.78, 5) is 25.0. The number of H-pyrrole nitrogens is 1. The minimum absolute atomic E-state index is 0.174. The number of nitrogens with zero attached hydrogens (tertiary/aromatic N) is 2. The Balaban J connectivity index is 2.38. The van der Waals surface area contributed by atoms with Crippen LogP contribution in [0.1, 0.15) is 18.2 Å². The number of ether oxygens (including phenoxy) is 1. The number of rotatable bonds is 2. The van der Waals surface area contributed by atoms with Crippen LogP contribution in [0.25, 0.3) is 0 Å². The van der Waals surface area contributed by atoms with Crippen molar-refractivity contribution in [3.05, 3.63) is 32.6 Å². The standard InChI is InChI=1S/C10H13N3O5/c1-5-3-13(10(16)11-9(5)15)8-2-6(12-17)7(4-14)18-8/h3,7-8,14,17H,2,4H2,1H3,(H,11,15,16)/b12-6-/t7-,8-/m1/s1. The lowest BCUT2D eigenvalue weighted by atomic mass is 10.2. The minimum Gasteiger partial charge on any atom is -0.411 e. The second-order valence-corrected chi connectivity index (χ2v) is 4.04. The van der Waals surface area contributed by atoms with Gasteiger partial charge < -0.3 is 15.1 Å². The van der Waals surface area contributed by atoms with Crippen molar-refractivity contribution in [2.45, 2.75) is 25.7 Å². The quantitative estimate of drug-likeness (QED) is 0.460. The highest BCUT2D eigenvalue weighted by Gasteiger charge is 2.33. The van der Waals surface area contributed by atoms with Gasteiger partial charge in [-0.25, -0.2) is 4.79 Å². The van der Waals surface area contributed by atoms with Crippen LogP contribution in [0, 0.1) is 6.92 Å². The van der Waals surface area contributed by atoms with Gasteiger partial charge in [-0.3, -0.25) is 14.3 Å². The van der Waals surface area contributed by atoms with Gasteiger partial charge in [0.15, 0.2) is 0 Å². The smallest absolute Gasteiger partial charge is 0.330 e. The van der Waals surface area contributed by atoms with E-state index in [4.69, 9.17) is 15.1 Å². The summed E-state index contributed by atoms with van der Waals surface area (Å²) in [6.45, 7) is 1.22. The predicted octanol–water partition coefficient (Wildman–Crippen LogP) is -1.04. The largest absolute Gasteiger partial charge is 0.411 e. The fourth-order valence-corrected chi connectivity index (χ4v) is 1.84. The molecular formula is C10H13N3O5. The Morgan fingerprint density at radius 2 is 2.33 bits per heavy atom. The third-order valence-electron chi connectivity index (χ3n) is 2.83. The minimum atomic E-state index is -0.737. The van der Waals surface area contributed by atoms with E-state index in [2.05, 4.69) is 10.1 Å². The fraction of sp³-hybridized carbons (Fsp3) is 0.500. The predicted molar refractivity (Wildman–Crippen MR) is 60.9 cm³/mol. The molecule has 3 N–H and O–H groups in total. The lowest BCUT2D eigenvalue weighted by molar-refractivity contribution is -0.0153. The van der Waals surface area contributed by atoms with Crippen molar-refractivity contribution >= 4 is 5.71 Å². The van der Waals surface area contributed by atoms with Crippen LogP contribution >= 0.6 is 0 Å². The molecule has 0 radical (unpaired) electrons. The van der Waals surface area contributed by atoms with Crippen LogP contribution in [-0.4, -0.2) is 38.3 Å². The van der Waals surface area contributed by atoms with Crippen molar-refractivity contribution in [3.8, 4) is 0 Å². The van der Waals surface area contributed by atoms with Crippen molar-refractivity contribution in [3.63, 3.8) is 0 Å². The van der Waals surface area contributed by atoms with Gasteiger partial charge >= 0.3 is 5.69 Å². The third-order valence-corrected chi connectivity index (χ3v) is 2.83. The van der Waals surface area contributed by atoms with Gasteiger partial charge in [0.25, 0.3) is 5.56 Å². The van der Waals surface area contributed by atoms with Gasteiger partial charge in [0.2, 0.25) is 0 Å². The molecule has 1 aliphatic rings. The van der Waals surface area contributed by atoms with Crippen molar-refractivity contribution < 1.29 is 15.1 Å². The molecule has 0 amide bonds. The second kappa shape index (κ2) is 4.75. The molecule has 1 aromatic rings. The normalized spacial score (nSPS) is 25.8. The first-order valence-corrected chi connectivity index (χ1v) is 5.36. The zero-order valence-corrected chi connectivity index (χ0v) is 9.66. The van der Waals surface area contributed by atoms with Crippen molar-refractivity contribution in [2.24, 2.45) is 5.16 Å². The number of hydrogen-bond donors (Lipinski definition) is 3. The molecule has 2 heterocycles. The average Bonchev–Trinajstić information content (AvgIpc) is 2.76. The molecular weight excluding hydrogens is 242 g/mol. The Hall–Kier alpha value is -1.93.